The molecule has 0 aliphatic heterocycles. The zero-order valence-electron chi connectivity index (χ0n) is 7.64. The van der Waals surface area contributed by atoms with E-state index in [-0.39, 0.29) is 0 Å². The molecule has 0 unspecified atom stereocenters. The van der Waals surface area contributed by atoms with E-state index in [0.717, 1.165) is 12.0 Å². The van der Waals surface area contributed by atoms with Crippen LogP contribution in [0.2, 0.25) is 0 Å². The summed E-state index contributed by atoms with van der Waals surface area (Å²) in [6.07, 6.45) is 2.69. The molecular formula is C10H13BO2. The summed E-state index contributed by atoms with van der Waals surface area (Å²) in [5, 5.41) is 17.2. The first-order valence-electron chi connectivity index (χ1n) is 4.35. The summed E-state index contributed by atoms with van der Waals surface area (Å²) in [5.74, 6) is 1.34. The van der Waals surface area contributed by atoms with Crippen LogP contribution in [0.3, 0.4) is 0 Å². The predicted octanol–water partition coefficient (Wildman–Crippen LogP) is 1.27. The lowest BCUT2D eigenvalue weighted by Crippen LogP contribution is -2.05. The first kappa shape index (κ1) is 10.0. The third-order valence-corrected chi connectivity index (χ3v) is 1.82. The van der Waals surface area contributed by atoms with Crippen LogP contribution in [-0.2, 0) is 6.42 Å². The van der Waals surface area contributed by atoms with E-state index in [2.05, 4.69) is 6.92 Å². The Kier molecular flexibility index (Phi) is 3.74. The Balaban J connectivity index is 2.77. The van der Waals surface area contributed by atoms with Crippen LogP contribution in [0.15, 0.2) is 30.2 Å². The molecule has 68 valence electrons. The Morgan fingerprint density at radius 2 is 2.15 bits per heavy atom. The molecular weight excluding hydrogens is 163 g/mol. The van der Waals surface area contributed by atoms with Crippen LogP contribution in [0.4, 0.5) is 0 Å². The molecule has 13 heavy (non-hydrogen) atoms. The third-order valence-electron chi connectivity index (χ3n) is 1.82. The Morgan fingerprint density at radius 3 is 2.77 bits per heavy atom. The molecule has 0 aromatic heterocycles. The van der Waals surface area contributed by atoms with Gasteiger partial charge in [0.15, 0.2) is 0 Å². The zero-order chi connectivity index (χ0) is 9.68. The monoisotopic (exact) mass is 176 g/mol. The van der Waals surface area contributed by atoms with E-state index in [4.69, 9.17) is 10.0 Å². The maximum atomic E-state index is 8.61. The van der Waals surface area contributed by atoms with Gasteiger partial charge in [0.1, 0.15) is 0 Å². The number of rotatable bonds is 3. The van der Waals surface area contributed by atoms with Crippen LogP contribution in [0.5, 0.6) is 0 Å². The molecule has 0 saturated heterocycles. The van der Waals surface area contributed by atoms with Gasteiger partial charge in [0.2, 0.25) is 0 Å². The number of benzene rings is 1. The van der Waals surface area contributed by atoms with Gasteiger partial charge in [0.25, 0.3) is 0 Å². The van der Waals surface area contributed by atoms with Crippen molar-refractivity contribution in [2.24, 2.45) is 0 Å². The zero-order valence-corrected chi connectivity index (χ0v) is 7.64. The second-order valence-electron chi connectivity index (χ2n) is 2.87. The molecule has 0 aliphatic rings. The first-order valence-corrected chi connectivity index (χ1v) is 4.35. The summed E-state index contributed by atoms with van der Waals surface area (Å²) in [5.41, 5.74) is 2.24. The molecule has 2 N–H and O–H groups in total. The van der Waals surface area contributed by atoms with Crippen LogP contribution in [-0.4, -0.2) is 17.2 Å². The number of hydrogen-bond donors (Lipinski definition) is 2. The molecule has 3 heteroatoms. The van der Waals surface area contributed by atoms with Crippen molar-refractivity contribution in [2.75, 3.05) is 0 Å². The molecule has 0 atom stereocenters. The lowest BCUT2D eigenvalue weighted by Gasteiger charge is -1.97. The van der Waals surface area contributed by atoms with Gasteiger partial charge in [-0.25, -0.2) is 0 Å². The van der Waals surface area contributed by atoms with Gasteiger partial charge < -0.3 is 10.0 Å². The van der Waals surface area contributed by atoms with Crippen LogP contribution in [0.25, 0.3) is 6.08 Å². The van der Waals surface area contributed by atoms with Gasteiger partial charge in [-0.1, -0.05) is 43.2 Å². The van der Waals surface area contributed by atoms with Crippen molar-refractivity contribution in [2.45, 2.75) is 13.3 Å². The Labute approximate surface area is 78.7 Å². The molecule has 1 rings (SSSR count). The fourth-order valence-electron chi connectivity index (χ4n) is 1.11. The fourth-order valence-corrected chi connectivity index (χ4v) is 1.11. The normalized spacial score (nSPS) is 10.7. The van der Waals surface area contributed by atoms with Gasteiger partial charge in [-0.05, 0) is 17.5 Å². The molecule has 0 aliphatic carbocycles. The van der Waals surface area contributed by atoms with Gasteiger partial charge in [-0.2, -0.15) is 0 Å². The summed E-state index contributed by atoms with van der Waals surface area (Å²) in [6, 6.07) is 7.96. The highest BCUT2D eigenvalue weighted by molar-refractivity contribution is 6.48. The van der Waals surface area contributed by atoms with Crippen molar-refractivity contribution in [3.05, 3.63) is 41.4 Å². The van der Waals surface area contributed by atoms with Gasteiger partial charge in [0.05, 0.1) is 0 Å². The lowest BCUT2D eigenvalue weighted by molar-refractivity contribution is 0.424. The molecule has 0 radical (unpaired) electrons. The average molecular weight is 176 g/mol. The summed E-state index contributed by atoms with van der Waals surface area (Å²) in [7, 11) is -1.37. The largest absolute Gasteiger partial charge is 0.480 e. The quantitative estimate of drug-likeness (QED) is 0.681. The lowest BCUT2D eigenvalue weighted by atomic mass is 9.90. The standard InChI is InChI=1S/C10H13BO2/c1-2-9-4-3-5-10(8-9)6-7-11(12)13/h3-8,12-13H,2H2,1H3/b7-6+. The minimum Gasteiger partial charge on any atom is -0.424 e. The topological polar surface area (TPSA) is 40.5 Å². The highest BCUT2D eigenvalue weighted by Crippen LogP contribution is 2.07. The van der Waals surface area contributed by atoms with Crippen molar-refractivity contribution >= 4 is 13.2 Å². The highest BCUT2D eigenvalue weighted by atomic mass is 16.4. The molecule has 0 heterocycles. The van der Waals surface area contributed by atoms with E-state index in [1.54, 1.807) is 6.08 Å². The summed E-state index contributed by atoms with van der Waals surface area (Å²) < 4.78 is 0. The smallest absolute Gasteiger partial charge is 0.424 e. The Hall–Kier alpha value is -1.06. The SMILES string of the molecule is CCc1cccc(/C=C/B(O)O)c1. The molecule has 0 saturated carbocycles. The molecule has 0 amide bonds. The third kappa shape index (κ3) is 3.44. The van der Waals surface area contributed by atoms with E-state index >= 15 is 0 Å². The fraction of sp³-hybridized carbons (Fsp3) is 0.200. The molecule has 0 fully saturated rings. The van der Waals surface area contributed by atoms with Crippen molar-refractivity contribution < 1.29 is 10.0 Å². The minimum absolute atomic E-state index is 0.989. The second-order valence-corrected chi connectivity index (χ2v) is 2.87. The van der Waals surface area contributed by atoms with Gasteiger partial charge in [0, 0.05) is 0 Å². The number of aryl methyl sites for hydroxylation is 1. The molecule has 0 bridgehead atoms. The van der Waals surface area contributed by atoms with Crippen LogP contribution >= 0.6 is 0 Å². The van der Waals surface area contributed by atoms with E-state index in [1.165, 1.54) is 11.5 Å². The van der Waals surface area contributed by atoms with Crippen LogP contribution in [0, 0.1) is 0 Å². The van der Waals surface area contributed by atoms with Gasteiger partial charge >= 0.3 is 7.12 Å². The predicted molar refractivity (Wildman–Crippen MR) is 55.0 cm³/mol. The average Bonchev–Trinajstić information content (AvgIpc) is 2.15. The van der Waals surface area contributed by atoms with E-state index < -0.39 is 7.12 Å². The molecule has 2 nitrogen and oxygen atoms in total. The minimum atomic E-state index is -1.37. The molecule has 1 aromatic carbocycles. The van der Waals surface area contributed by atoms with E-state index in [9.17, 15) is 0 Å². The van der Waals surface area contributed by atoms with Crippen LogP contribution < -0.4 is 0 Å². The maximum absolute atomic E-state index is 8.61. The maximum Gasteiger partial charge on any atom is 0.480 e. The summed E-state index contributed by atoms with van der Waals surface area (Å²) in [6.45, 7) is 2.09. The van der Waals surface area contributed by atoms with Crippen molar-refractivity contribution in [3.8, 4) is 0 Å². The van der Waals surface area contributed by atoms with Gasteiger partial charge in [-0.15, -0.1) is 0 Å². The highest BCUT2D eigenvalue weighted by Gasteiger charge is 1.98. The van der Waals surface area contributed by atoms with E-state index in [0.29, 0.717) is 0 Å². The second kappa shape index (κ2) is 4.85. The molecule has 0 spiro atoms. The Bertz CT molecular complexity index is 295. The number of hydrogen-bond acceptors (Lipinski definition) is 2. The van der Waals surface area contributed by atoms with Crippen molar-refractivity contribution in [3.63, 3.8) is 0 Å². The summed E-state index contributed by atoms with van der Waals surface area (Å²) >= 11 is 0. The van der Waals surface area contributed by atoms with E-state index in [1.807, 2.05) is 24.3 Å². The van der Waals surface area contributed by atoms with Crippen molar-refractivity contribution in [1.82, 2.24) is 0 Å². The molecule has 1 aromatic rings. The Morgan fingerprint density at radius 1 is 1.38 bits per heavy atom. The summed E-state index contributed by atoms with van der Waals surface area (Å²) in [4.78, 5) is 0. The van der Waals surface area contributed by atoms with Crippen molar-refractivity contribution in [1.29, 1.82) is 0 Å². The van der Waals surface area contributed by atoms with Gasteiger partial charge in [-0.3, -0.25) is 0 Å². The first-order chi connectivity index (χ1) is 6.22. The van der Waals surface area contributed by atoms with Crippen LogP contribution in [0.1, 0.15) is 18.1 Å².